The number of fused-ring (bicyclic) bond motifs is 1. The summed E-state index contributed by atoms with van der Waals surface area (Å²) in [5, 5.41) is 10.2. The van der Waals surface area contributed by atoms with Gasteiger partial charge in [-0.3, -0.25) is 0 Å². The van der Waals surface area contributed by atoms with Crippen LogP contribution >= 0.6 is 0 Å². The Morgan fingerprint density at radius 1 is 0.935 bits per heavy atom. The molecule has 0 radical (unpaired) electrons. The number of phenolic OH excluding ortho intramolecular Hbond substituents is 1. The number of rotatable bonds is 8. The predicted molar refractivity (Wildman–Crippen MR) is 124 cm³/mol. The van der Waals surface area contributed by atoms with Gasteiger partial charge < -0.3 is 19.5 Å². The van der Waals surface area contributed by atoms with Gasteiger partial charge in [0, 0.05) is 23.9 Å². The van der Waals surface area contributed by atoms with Gasteiger partial charge in [0.2, 0.25) is 0 Å². The molecule has 1 heterocycles. The average molecular weight is 418 g/mol. The summed E-state index contributed by atoms with van der Waals surface area (Å²) >= 11 is 0. The van der Waals surface area contributed by atoms with Crippen LogP contribution in [0.2, 0.25) is 0 Å². The van der Waals surface area contributed by atoms with Crippen molar-refractivity contribution in [2.45, 2.75) is 25.7 Å². The van der Waals surface area contributed by atoms with Crippen LogP contribution in [0.25, 0.3) is 0 Å². The third-order valence-corrected chi connectivity index (χ3v) is 6.19. The molecule has 1 aliphatic heterocycles. The summed E-state index contributed by atoms with van der Waals surface area (Å²) in [6.45, 7) is 8.63. The molecule has 0 aromatic heterocycles. The zero-order valence-electron chi connectivity index (χ0n) is 18.3. The first-order valence-corrected chi connectivity index (χ1v) is 11.1. The maximum atomic E-state index is 10.2. The van der Waals surface area contributed by atoms with Crippen LogP contribution in [-0.2, 0) is 0 Å². The number of aromatic hydroxyl groups is 1. The number of phenols is 1. The lowest BCUT2D eigenvalue weighted by Gasteiger charge is -2.34. The van der Waals surface area contributed by atoms with Crippen LogP contribution < -0.4 is 9.47 Å². The Balaban J connectivity index is 1.59. The van der Waals surface area contributed by atoms with Crippen LogP contribution in [0.3, 0.4) is 0 Å². The molecule has 0 amide bonds. The first-order chi connectivity index (χ1) is 15.2. The van der Waals surface area contributed by atoms with E-state index in [1.54, 1.807) is 6.07 Å². The lowest BCUT2D eigenvalue weighted by atomic mass is 9.76. The molecule has 1 aliphatic rings. The summed E-state index contributed by atoms with van der Waals surface area (Å²) in [7, 11) is 0. The molecular weight excluding hydrogens is 386 g/mol. The summed E-state index contributed by atoms with van der Waals surface area (Å²) in [6, 6.07) is 24.3. The highest BCUT2D eigenvalue weighted by Gasteiger charge is 2.33. The van der Waals surface area contributed by atoms with Gasteiger partial charge in [0.25, 0.3) is 0 Å². The van der Waals surface area contributed by atoms with Crippen molar-refractivity contribution in [1.29, 1.82) is 0 Å². The van der Waals surface area contributed by atoms with E-state index in [-0.39, 0.29) is 17.6 Å². The molecule has 0 saturated carbocycles. The van der Waals surface area contributed by atoms with E-state index in [0.29, 0.717) is 13.2 Å². The van der Waals surface area contributed by atoms with Crippen molar-refractivity contribution in [3.05, 3.63) is 89.5 Å². The van der Waals surface area contributed by atoms with Crippen molar-refractivity contribution in [3.63, 3.8) is 0 Å². The van der Waals surface area contributed by atoms with E-state index in [9.17, 15) is 5.11 Å². The van der Waals surface area contributed by atoms with Gasteiger partial charge in [-0.1, -0.05) is 56.3 Å². The van der Waals surface area contributed by atoms with Gasteiger partial charge in [0.05, 0.1) is 6.61 Å². The summed E-state index contributed by atoms with van der Waals surface area (Å²) in [5.74, 6) is 2.26. The lowest BCUT2D eigenvalue weighted by molar-refractivity contribution is 0.222. The van der Waals surface area contributed by atoms with Crippen molar-refractivity contribution in [2.24, 2.45) is 0 Å². The van der Waals surface area contributed by atoms with Crippen LogP contribution in [0.5, 0.6) is 17.2 Å². The van der Waals surface area contributed by atoms with Crippen molar-refractivity contribution in [1.82, 2.24) is 4.90 Å². The molecule has 0 fully saturated rings. The number of hydrogen-bond donors (Lipinski definition) is 1. The average Bonchev–Trinajstić information content (AvgIpc) is 2.82. The monoisotopic (exact) mass is 417 g/mol. The smallest absolute Gasteiger partial charge is 0.123 e. The molecule has 2 unspecified atom stereocenters. The molecule has 0 bridgehead atoms. The molecule has 0 spiro atoms. The number of nitrogens with zero attached hydrogens (tertiary/aromatic N) is 1. The van der Waals surface area contributed by atoms with Gasteiger partial charge in [-0.05, 0) is 54.5 Å². The Hall–Kier alpha value is -2.98. The van der Waals surface area contributed by atoms with Gasteiger partial charge in [-0.2, -0.15) is 0 Å². The van der Waals surface area contributed by atoms with Gasteiger partial charge in [0.15, 0.2) is 0 Å². The van der Waals surface area contributed by atoms with Crippen molar-refractivity contribution >= 4 is 0 Å². The Kier molecular flexibility index (Phi) is 6.78. The minimum atomic E-state index is 0.1000. The molecular formula is C27H31NO3. The topological polar surface area (TPSA) is 41.9 Å². The van der Waals surface area contributed by atoms with E-state index in [0.717, 1.165) is 36.7 Å². The second-order valence-electron chi connectivity index (χ2n) is 7.97. The van der Waals surface area contributed by atoms with E-state index >= 15 is 0 Å². The standard InChI is InChI=1S/C27H31NO3/c1-3-28(4-2)16-17-30-23-13-10-21(11-14-23)27-24-18-22(29)12-15-26(24)31-19-25(27)20-8-6-5-7-9-20/h5-15,18,25,27,29H,3-4,16-17,19H2,1-2H3. The zero-order valence-corrected chi connectivity index (χ0v) is 18.3. The summed E-state index contributed by atoms with van der Waals surface area (Å²) in [4.78, 5) is 2.35. The summed E-state index contributed by atoms with van der Waals surface area (Å²) in [5.41, 5.74) is 3.46. The first kappa shape index (κ1) is 21.3. The largest absolute Gasteiger partial charge is 0.508 e. The van der Waals surface area contributed by atoms with E-state index < -0.39 is 0 Å². The van der Waals surface area contributed by atoms with E-state index in [2.05, 4.69) is 67.3 Å². The first-order valence-electron chi connectivity index (χ1n) is 11.1. The molecule has 4 nitrogen and oxygen atoms in total. The number of ether oxygens (including phenoxy) is 2. The molecule has 0 saturated heterocycles. The maximum Gasteiger partial charge on any atom is 0.123 e. The van der Waals surface area contributed by atoms with Crippen molar-refractivity contribution < 1.29 is 14.6 Å². The summed E-state index contributed by atoms with van der Waals surface area (Å²) in [6.07, 6.45) is 0. The van der Waals surface area contributed by atoms with E-state index in [4.69, 9.17) is 9.47 Å². The third kappa shape index (κ3) is 4.86. The fourth-order valence-corrected chi connectivity index (χ4v) is 4.41. The fraction of sp³-hybridized carbons (Fsp3) is 0.333. The molecule has 162 valence electrons. The van der Waals surface area contributed by atoms with Crippen LogP contribution in [0.15, 0.2) is 72.8 Å². The highest BCUT2D eigenvalue weighted by Crippen LogP contribution is 2.47. The zero-order chi connectivity index (χ0) is 21.6. The highest BCUT2D eigenvalue weighted by atomic mass is 16.5. The molecule has 31 heavy (non-hydrogen) atoms. The molecule has 3 aromatic carbocycles. The Morgan fingerprint density at radius 2 is 1.68 bits per heavy atom. The molecule has 0 aliphatic carbocycles. The van der Waals surface area contributed by atoms with Gasteiger partial charge >= 0.3 is 0 Å². The predicted octanol–water partition coefficient (Wildman–Crippen LogP) is 5.42. The van der Waals surface area contributed by atoms with Gasteiger partial charge in [-0.25, -0.2) is 0 Å². The van der Waals surface area contributed by atoms with E-state index in [1.165, 1.54) is 11.1 Å². The minimum absolute atomic E-state index is 0.1000. The highest BCUT2D eigenvalue weighted by molar-refractivity contribution is 5.51. The van der Waals surface area contributed by atoms with Crippen LogP contribution in [0.1, 0.15) is 42.4 Å². The Morgan fingerprint density at radius 3 is 2.39 bits per heavy atom. The number of hydrogen-bond acceptors (Lipinski definition) is 4. The van der Waals surface area contributed by atoms with Crippen LogP contribution in [-0.4, -0.2) is 42.9 Å². The second-order valence-corrected chi connectivity index (χ2v) is 7.97. The SMILES string of the molecule is CCN(CC)CCOc1ccc(C2c3cc(O)ccc3OCC2c2ccccc2)cc1. The molecule has 4 rings (SSSR count). The summed E-state index contributed by atoms with van der Waals surface area (Å²) < 4.78 is 12.1. The van der Waals surface area contributed by atoms with Crippen molar-refractivity contribution in [2.75, 3.05) is 32.8 Å². The minimum Gasteiger partial charge on any atom is -0.508 e. The van der Waals surface area contributed by atoms with Gasteiger partial charge in [-0.15, -0.1) is 0 Å². The van der Waals surface area contributed by atoms with E-state index in [1.807, 2.05) is 18.2 Å². The Labute approximate surface area is 185 Å². The number of likely N-dealkylation sites (N-methyl/N-ethyl adjacent to an activating group) is 1. The van der Waals surface area contributed by atoms with Crippen LogP contribution in [0.4, 0.5) is 0 Å². The molecule has 3 aromatic rings. The van der Waals surface area contributed by atoms with Crippen molar-refractivity contribution in [3.8, 4) is 17.2 Å². The van der Waals surface area contributed by atoms with Gasteiger partial charge in [0.1, 0.15) is 23.9 Å². The molecule has 2 atom stereocenters. The molecule has 4 heteroatoms. The molecule has 1 N–H and O–H groups in total. The van der Waals surface area contributed by atoms with Crippen LogP contribution in [0, 0.1) is 0 Å². The quantitative estimate of drug-likeness (QED) is 0.531. The Bertz CT molecular complexity index is 968. The second kappa shape index (κ2) is 9.88. The third-order valence-electron chi connectivity index (χ3n) is 6.19. The number of benzene rings is 3. The normalized spacial score (nSPS) is 17.8. The lowest BCUT2D eigenvalue weighted by Crippen LogP contribution is -2.27. The maximum absolute atomic E-state index is 10.2. The fourth-order valence-electron chi connectivity index (χ4n) is 4.41.